The van der Waals surface area contributed by atoms with Gasteiger partial charge in [-0.05, 0) is 10.7 Å². The quantitative estimate of drug-likeness (QED) is 0.625. The molecule has 1 aliphatic rings. The van der Waals surface area contributed by atoms with Crippen molar-refractivity contribution in [2.45, 2.75) is 18.3 Å². The zero-order valence-electron chi connectivity index (χ0n) is 9.46. The Morgan fingerprint density at radius 3 is 2.37 bits per heavy atom. The number of carbonyl (C=O) groups excluding carboxylic acids is 1. The van der Waals surface area contributed by atoms with Gasteiger partial charge in [0.2, 0.25) is 6.41 Å². The number of alkyl halides is 3. The van der Waals surface area contributed by atoms with Gasteiger partial charge in [0.25, 0.3) is 5.66 Å². The Hall–Kier alpha value is -2.25. The summed E-state index contributed by atoms with van der Waals surface area (Å²) in [5.41, 5.74) is -2.76. The minimum atomic E-state index is -4.99. The zero-order valence-corrected chi connectivity index (χ0v) is 9.46. The SMILES string of the molecule is O=CN1N=C(c2ccccc2)CC1(N=O)C(F)(F)F. The molecule has 0 aromatic heterocycles. The number of nitroso groups, excluding NO2 is 1. The molecule has 0 aliphatic carbocycles. The molecule has 0 spiro atoms. The molecule has 5 nitrogen and oxygen atoms in total. The highest BCUT2D eigenvalue weighted by molar-refractivity contribution is 6.02. The molecule has 1 aliphatic heterocycles. The molecule has 1 aromatic rings. The van der Waals surface area contributed by atoms with E-state index in [1.807, 2.05) is 0 Å². The Morgan fingerprint density at radius 2 is 1.95 bits per heavy atom. The summed E-state index contributed by atoms with van der Waals surface area (Å²) < 4.78 is 38.9. The van der Waals surface area contributed by atoms with Gasteiger partial charge >= 0.3 is 6.18 Å². The first-order valence-corrected chi connectivity index (χ1v) is 5.23. The predicted molar refractivity (Wildman–Crippen MR) is 60.1 cm³/mol. The summed E-state index contributed by atoms with van der Waals surface area (Å²) in [5.74, 6) is 0. The van der Waals surface area contributed by atoms with E-state index in [1.54, 1.807) is 30.3 Å². The topological polar surface area (TPSA) is 62.1 Å². The van der Waals surface area contributed by atoms with Crippen LogP contribution in [0.3, 0.4) is 0 Å². The molecule has 0 radical (unpaired) electrons. The standard InChI is InChI=1S/C11H8F3N3O2/c12-11(13,14)10(16-19)6-9(15-17(10)7-18)8-4-2-1-3-5-8/h1-5,7H,6H2. The van der Waals surface area contributed by atoms with Gasteiger partial charge < -0.3 is 0 Å². The Bertz CT molecular complexity index is 530. The van der Waals surface area contributed by atoms with Crippen LogP contribution >= 0.6 is 0 Å². The van der Waals surface area contributed by atoms with E-state index in [0.717, 1.165) is 0 Å². The molecule has 0 saturated carbocycles. The lowest BCUT2D eigenvalue weighted by Gasteiger charge is -2.28. The molecule has 8 heteroatoms. The van der Waals surface area contributed by atoms with Crippen molar-refractivity contribution in [3.63, 3.8) is 0 Å². The second kappa shape index (κ2) is 4.45. The molecule has 0 fully saturated rings. The molecular weight excluding hydrogens is 263 g/mol. The van der Waals surface area contributed by atoms with Crippen LogP contribution in [0, 0.1) is 4.91 Å². The van der Waals surface area contributed by atoms with Crippen molar-refractivity contribution < 1.29 is 18.0 Å². The highest BCUT2D eigenvalue weighted by Gasteiger charge is 2.64. The van der Waals surface area contributed by atoms with Crippen LogP contribution in [0.15, 0.2) is 40.6 Å². The second-order valence-electron chi connectivity index (χ2n) is 3.95. The van der Waals surface area contributed by atoms with Crippen molar-refractivity contribution in [2.24, 2.45) is 10.3 Å². The summed E-state index contributed by atoms with van der Waals surface area (Å²) >= 11 is 0. The molecule has 1 amide bonds. The monoisotopic (exact) mass is 271 g/mol. The highest BCUT2D eigenvalue weighted by atomic mass is 19.4. The fourth-order valence-electron chi connectivity index (χ4n) is 1.82. The summed E-state index contributed by atoms with van der Waals surface area (Å²) in [6.45, 7) is 0. The molecule has 19 heavy (non-hydrogen) atoms. The molecule has 0 bridgehead atoms. The predicted octanol–water partition coefficient (Wildman–Crippen LogP) is 2.28. The third-order valence-corrected chi connectivity index (χ3v) is 2.83. The fraction of sp³-hybridized carbons (Fsp3) is 0.273. The molecule has 0 saturated heterocycles. The first kappa shape index (κ1) is 13.2. The lowest BCUT2D eigenvalue weighted by molar-refractivity contribution is -0.220. The minimum Gasteiger partial charge on any atom is -0.277 e. The van der Waals surface area contributed by atoms with E-state index in [1.165, 1.54) is 0 Å². The number of benzene rings is 1. The normalized spacial score (nSPS) is 23.1. The summed E-state index contributed by atoms with van der Waals surface area (Å²) in [5, 5.41) is 5.69. The Balaban J connectivity index is 2.44. The molecule has 1 heterocycles. The Kier molecular flexibility index (Phi) is 3.09. The second-order valence-corrected chi connectivity index (χ2v) is 3.95. The minimum absolute atomic E-state index is 0.00961. The van der Waals surface area contributed by atoms with Crippen LogP contribution in [-0.2, 0) is 4.79 Å². The van der Waals surface area contributed by atoms with Crippen LogP contribution < -0.4 is 0 Å². The maximum absolute atomic E-state index is 13.0. The molecule has 1 unspecified atom stereocenters. The molecule has 1 aromatic carbocycles. The largest absolute Gasteiger partial charge is 0.438 e. The van der Waals surface area contributed by atoms with E-state index >= 15 is 0 Å². The third kappa shape index (κ3) is 1.98. The summed E-state index contributed by atoms with van der Waals surface area (Å²) in [4.78, 5) is 21.4. The number of halogens is 3. The van der Waals surface area contributed by atoms with Gasteiger partial charge in [-0.25, -0.2) is 0 Å². The van der Waals surface area contributed by atoms with Crippen molar-refractivity contribution in [1.82, 2.24) is 5.01 Å². The lowest BCUT2D eigenvalue weighted by Crippen LogP contribution is -2.52. The maximum atomic E-state index is 13.0. The van der Waals surface area contributed by atoms with Crippen molar-refractivity contribution in [2.75, 3.05) is 0 Å². The molecule has 1 atom stereocenters. The first-order chi connectivity index (χ1) is 8.94. The van der Waals surface area contributed by atoms with Crippen molar-refractivity contribution in [1.29, 1.82) is 0 Å². The van der Waals surface area contributed by atoms with E-state index in [4.69, 9.17) is 0 Å². The van der Waals surface area contributed by atoms with Crippen molar-refractivity contribution in [3.05, 3.63) is 40.8 Å². The molecular formula is C11H8F3N3O2. The molecule has 0 N–H and O–H groups in total. The lowest BCUT2D eigenvalue weighted by atomic mass is 9.99. The van der Waals surface area contributed by atoms with E-state index in [0.29, 0.717) is 5.56 Å². The van der Waals surface area contributed by atoms with Crippen LogP contribution in [0.25, 0.3) is 0 Å². The van der Waals surface area contributed by atoms with Gasteiger partial charge in [-0.2, -0.15) is 23.3 Å². The third-order valence-electron chi connectivity index (χ3n) is 2.83. The Morgan fingerprint density at radius 1 is 1.32 bits per heavy atom. The molecule has 2 rings (SSSR count). The number of hydrogen-bond donors (Lipinski definition) is 0. The van der Waals surface area contributed by atoms with Gasteiger partial charge in [-0.1, -0.05) is 30.3 Å². The highest BCUT2D eigenvalue weighted by Crippen LogP contribution is 2.43. The first-order valence-electron chi connectivity index (χ1n) is 5.23. The number of carbonyl (C=O) groups is 1. The smallest absolute Gasteiger partial charge is 0.277 e. The van der Waals surface area contributed by atoms with E-state index < -0.39 is 18.3 Å². The van der Waals surface area contributed by atoms with Crippen LogP contribution in [0.2, 0.25) is 0 Å². The van der Waals surface area contributed by atoms with Gasteiger partial charge in [-0.15, -0.1) is 4.91 Å². The number of amides is 1. The summed E-state index contributed by atoms with van der Waals surface area (Å²) in [6, 6.07) is 8.00. The van der Waals surface area contributed by atoms with Crippen molar-refractivity contribution in [3.8, 4) is 0 Å². The van der Waals surface area contributed by atoms with Gasteiger partial charge in [0.15, 0.2) is 0 Å². The van der Waals surface area contributed by atoms with E-state index in [9.17, 15) is 22.9 Å². The summed E-state index contributed by atoms with van der Waals surface area (Å²) in [7, 11) is 0. The number of nitrogens with zero attached hydrogens (tertiary/aromatic N) is 3. The van der Waals surface area contributed by atoms with Crippen LogP contribution in [0.5, 0.6) is 0 Å². The van der Waals surface area contributed by atoms with Crippen LogP contribution in [0.4, 0.5) is 13.2 Å². The maximum Gasteiger partial charge on any atom is 0.438 e. The number of hydrazone groups is 1. The molecule has 100 valence electrons. The van der Waals surface area contributed by atoms with E-state index in [2.05, 4.69) is 10.3 Å². The summed E-state index contributed by atoms with van der Waals surface area (Å²) in [6.07, 6.45) is -5.93. The fourth-order valence-corrected chi connectivity index (χ4v) is 1.82. The van der Waals surface area contributed by atoms with Crippen molar-refractivity contribution >= 4 is 12.1 Å². The zero-order chi connectivity index (χ0) is 14.1. The van der Waals surface area contributed by atoms with E-state index in [-0.39, 0.29) is 17.1 Å². The Labute approximate surface area is 105 Å². The van der Waals surface area contributed by atoms with Gasteiger partial charge in [0.05, 0.1) is 12.1 Å². The van der Waals surface area contributed by atoms with Crippen LogP contribution in [0.1, 0.15) is 12.0 Å². The van der Waals surface area contributed by atoms with Gasteiger partial charge in [0.1, 0.15) is 0 Å². The van der Waals surface area contributed by atoms with Gasteiger partial charge in [-0.3, -0.25) is 4.79 Å². The van der Waals surface area contributed by atoms with Gasteiger partial charge in [0, 0.05) is 0 Å². The average Bonchev–Trinajstić information content (AvgIpc) is 2.79. The van der Waals surface area contributed by atoms with Crippen LogP contribution in [-0.4, -0.2) is 29.0 Å². The number of hydrogen-bond acceptors (Lipinski definition) is 4. The average molecular weight is 271 g/mol. The number of rotatable bonds is 3.